The molecule has 9 heteroatoms. The van der Waals surface area contributed by atoms with Gasteiger partial charge in [-0.2, -0.15) is 0 Å². The maximum absolute atomic E-state index is 6.34. The van der Waals surface area contributed by atoms with E-state index >= 15 is 0 Å². The topological polar surface area (TPSA) is 83.8 Å². The molecule has 5 aliphatic rings. The Balaban J connectivity index is 1.10. The number of ether oxygens (including phenoxy) is 4. The summed E-state index contributed by atoms with van der Waals surface area (Å²) in [6.45, 7) is 6.60. The summed E-state index contributed by atoms with van der Waals surface area (Å²) in [6.07, 6.45) is 6.79. The average Bonchev–Trinajstić information content (AvgIpc) is 3.56. The first-order valence-electron chi connectivity index (χ1n) is 12.5. The Morgan fingerprint density at radius 3 is 3.03 bits per heavy atom. The molecule has 0 amide bonds. The van der Waals surface area contributed by atoms with Crippen molar-refractivity contribution in [3.8, 4) is 5.75 Å². The van der Waals surface area contributed by atoms with E-state index in [-0.39, 0.29) is 17.2 Å². The lowest BCUT2D eigenvalue weighted by atomic mass is 9.67. The van der Waals surface area contributed by atoms with Gasteiger partial charge >= 0.3 is 0 Å². The third kappa shape index (κ3) is 3.32. The molecule has 2 bridgehead atoms. The van der Waals surface area contributed by atoms with Crippen LogP contribution < -0.4 is 4.74 Å². The van der Waals surface area contributed by atoms with Gasteiger partial charge in [0, 0.05) is 30.8 Å². The first-order valence-corrected chi connectivity index (χ1v) is 12.5. The van der Waals surface area contributed by atoms with Crippen LogP contribution in [0.4, 0.5) is 0 Å². The third-order valence-corrected chi connectivity index (χ3v) is 8.39. The molecule has 4 aliphatic heterocycles. The zero-order valence-corrected chi connectivity index (χ0v) is 20.3. The molecular formula is C26H31N5O4. The van der Waals surface area contributed by atoms with Crippen LogP contribution in [0.1, 0.15) is 42.7 Å². The maximum atomic E-state index is 6.34. The van der Waals surface area contributed by atoms with Crippen LogP contribution in [0.2, 0.25) is 0 Å². The van der Waals surface area contributed by atoms with Gasteiger partial charge in [-0.1, -0.05) is 5.21 Å². The van der Waals surface area contributed by atoms with Gasteiger partial charge < -0.3 is 18.9 Å². The van der Waals surface area contributed by atoms with Crippen LogP contribution in [0.3, 0.4) is 0 Å². The number of aromatic nitrogens is 4. The highest BCUT2D eigenvalue weighted by atomic mass is 16.5. The van der Waals surface area contributed by atoms with Gasteiger partial charge in [0.05, 0.1) is 56.3 Å². The van der Waals surface area contributed by atoms with E-state index in [9.17, 15) is 0 Å². The van der Waals surface area contributed by atoms with Gasteiger partial charge in [-0.15, -0.1) is 5.10 Å². The highest BCUT2D eigenvalue weighted by Gasteiger charge is 2.69. The Labute approximate surface area is 204 Å². The monoisotopic (exact) mass is 477 g/mol. The molecule has 3 saturated heterocycles. The third-order valence-electron chi connectivity index (χ3n) is 8.39. The van der Waals surface area contributed by atoms with Crippen LogP contribution in [0.15, 0.2) is 30.6 Å². The fourth-order valence-electron chi connectivity index (χ4n) is 6.79. The van der Waals surface area contributed by atoms with Crippen LogP contribution in [0.5, 0.6) is 5.75 Å². The fraction of sp³-hybridized carbons (Fsp3) is 0.577. The van der Waals surface area contributed by atoms with Crippen LogP contribution in [-0.2, 0) is 32.8 Å². The van der Waals surface area contributed by atoms with E-state index in [0.29, 0.717) is 19.3 Å². The molecule has 4 fully saturated rings. The zero-order chi connectivity index (χ0) is 23.6. The first-order chi connectivity index (χ1) is 17.1. The van der Waals surface area contributed by atoms with Crippen molar-refractivity contribution in [3.63, 3.8) is 0 Å². The van der Waals surface area contributed by atoms with Gasteiger partial charge in [0.2, 0.25) is 0 Å². The summed E-state index contributed by atoms with van der Waals surface area (Å²) < 4.78 is 25.4. The van der Waals surface area contributed by atoms with Gasteiger partial charge in [-0.3, -0.25) is 9.88 Å². The second kappa shape index (κ2) is 7.96. The molecule has 1 aromatic carbocycles. The highest BCUT2D eigenvalue weighted by Crippen LogP contribution is 2.59. The zero-order valence-electron chi connectivity index (χ0n) is 20.3. The molecule has 0 radical (unpaired) electrons. The minimum absolute atomic E-state index is 0.0135. The number of morpholine rings is 1. The van der Waals surface area contributed by atoms with Crippen molar-refractivity contribution in [2.45, 2.75) is 56.0 Å². The van der Waals surface area contributed by atoms with E-state index in [0.717, 1.165) is 68.0 Å². The SMILES string of the molecule is COCC1COCC23CC(n4cc([C@@H](C)Oc5ccc6ncc7c(c6c5)CCOC7)nn4)(CN12)C3. The lowest BCUT2D eigenvalue weighted by molar-refractivity contribution is -0.114. The lowest BCUT2D eigenvalue weighted by Gasteiger charge is -2.51. The van der Waals surface area contributed by atoms with Gasteiger partial charge in [0.15, 0.2) is 0 Å². The Morgan fingerprint density at radius 1 is 1.23 bits per heavy atom. The maximum Gasteiger partial charge on any atom is 0.141 e. The van der Waals surface area contributed by atoms with Crippen molar-refractivity contribution in [2.24, 2.45) is 0 Å². The van der Waals surface area contributed by atoms with Gasteiger partial charge in [-0.25, -0.2) is 4.68 Å². The van der Waals surface area contributed by atoms with E-state index in [1.54, 1.807) is 7.11 Å². The molecule has 35 heavy (non-hydrogen) atoms. The van der Waals surface area contributed by atoms with Crippen molar-refractivity contribution in [1.82, 2.24) is 24.9 Å². The number of fused-ring (bicyclic) bond motifs is 3. The van der Waals surface area contributed by atoms with Crippen LogP contribution in [0.25, 0.3) is 10.9 Å². The van der Waals surface area contributed by atoms with E-state index in [2.05, 4.69) is 37.1 Å². The van der Waals surface area contributed by atoms with E-state index in [1.165, 1.54) is 11.1 Å². The molecule has 1 saturated carbocycles. The highest BCUT2D eigenvalue weighted by molar-refractivity contribution is 5.84. The number of hydrogen-bond acceptors (Lipinski definition) is 8. The van der Waals surface area contributed by atoms with E-state index in [1.807, 2.05) is 25.3 Å². The van der Waals surface area contributed by atoms with Crippen molar-refractivity contribution in [2.75, 3.05) is 40.1 Å². The fourth-order valence-corrected chi connectivity index (χ4v) is 6.79. The standard InChI is InChI=1S/C26H31N5O4/c1-17(35-20-3-4-23-22(7-20)21-5-6-33-10-18(21)8-27-23)24-9-31(29-28-24)25-13-26(14-25)16-34-12-19(11-32-2)30(26)15-25/h3-4,7-9,17,19H,5-6,10-16H2,1-2H3/t17-,19?,25?,26?/m1/s1. The van der Waals surface area contributed by atoms with Crippen molar-refractivity contribution < 1.29 is 18.9 Å². The number of nitrogens with zero attached hydrogens (tertiary/aromatic N) is 5. The summed E-state index contributed by atoms with van der Waals surface area (Å²) in [5.74, 6) is 0.819. The molecule has 184 valence electrons. The molecule has 1 unspecified atom stereocenters. The number of hydrogen-bond donors (Lipinski definition) is 0. The van der Waals surface area contributed by atoms with Crippen molar-refractivity contribution >= 4 is 10.9 Å². The van der Waals surface area contributed by atoms with E-state index < -0.39 is 0 Å². The first kappa shape index (κ1) is 21.7. The van der Waals surface area contributed by atoms with Gasteiger partial charge in [-0.05, 0) is 55.5 Å². The van der Waals surface area contributed by atoms with Crippen LogP contribution in [-0.4, -0.2) is 76.5 Å². The summed E-state index contributed by atoms with van der Waals surface area (Å²) in [4.78, 5) is 7.19. The van der Waals surface area contributed by atoms with Crippen molar-refractivity contribution in [3.05, 3.63) is 47.4 Å². The number of rotatable bonds is 6. The average molecular weight is 478 g/mol. The summed E-state index contributed by atoms with van der Waals surface area (Å²) in [6, 6.07) is 6.43. The Kier molecular flexibility index (Phi) is 4.93. The summed E-state index contributed by atoms with van der Waals surface area (Å²) in [7, 11) is 1.76. The molecule has 2 aromatic heterocycles. The molecule has 3 aromatic rings. The van der Waals surface area contributed by atoms with Gasteiger partial charge in [0.1, 0.15) is 17.5 Å². The second-order valence-electron chi connectivity index (χ2n) is 10.6. The molecule has 1 spiro atoms. The number of benzene rings is 1. The Bertz CT molecular complexity index is 1270. The molecule has 2 atom stereocenters. The Morgan fingerprint density at radius 2 is 2.14 bits per heavy atom. The number of pyridine rings is 1. The molecular weight excluding hydrogens is 446 g/mol. The summed E-state index contributed by atoms with van der Waals surface area (Å²) >= 11 is 0. The van der Waals surface area contributed by atoms with Gasteiger partial charge in [0.25, 0.3) is 0 Å². The molecule has 9 nitrogen and oxygen atoms in total. The summed E-state index contributed by atoms with van der Waals surface area (Å²) in [5, 5.41) is 10.2. The minimum atomic E-state index is -0.212. The summed E-state index contributed by atoms with van der Waals surface area (Å²) in [5.41, 5.74) is 4.43. The lowest BCUT2D eigenvalue weighted by Crippen LogP contribution is -2.62. The minimum Gasteiger partial charge on any atom is -0.484 e. The molecule has 0 N–H and O–H groups in total. The molecule has 6 heterocycles. The second-order valence-corrected chi connectivity index (χ2v) is 10.6. The molecule has 1 aliphatic carbocycles. The van der Waals surface area contributed by atoms with Crippen molar-refractivity contribution in [1.29, 1.82) is 0 Å². The smallest absolute Gasteiger partial charge is 0.141 e. The Hall–Kier alpha value is -2.59. The van der Waals surface area contributed by atoms with E-state index in [4.69, 9.17) is 18.9 Å². The normalized spacial score (nSPS) is 30.5. The largest absolute Gasteiger partial charge is 0.484 e. The number of methoxy groups -OCH3 is 1. The predicted molar refractivity (Wildman–Crippen MR) is 127 cm³/mol. The van der Waals surface area contributed by atoms with Crippen LogP contribution >= 0.6 is 0 Å². The molecule has 8 rings (SSSR count). The quantitative estimate of drug-likeness (QED) is 0.536. The predicted octanol–water partition coefficient (Wildman–Crippen LogP) is 2.63. The van der Waals surface area contributed by atoms with Crippen LogP contribution in [0, 0.1) is 0 Å².